The number of nitrogens with one attached hydrogen (secondary N) is 1. The first-order valence-corrected chi connectivity index (χ1v) is 7.28. The fraction of sp³-hybridized carbons (Fsp3) is 0.0714. The van der Waals surface area contributed by atoms with Crippen LogP contribution in [-0.2, 0) is 0 Å². The smallest absolute Gasteiger partial charge is 0.184 e. The third-order valence-electron chi connectivity index (χ3n) is 2.61. The average Bonchev–Trinajstić information content (AvgIpc) is 2.43. The highest BCUT2D eigenvalue weighted by Crippen LogP contribution is 2.34. The van der Waals surface area contributed by atoms with E-state index in [0.717, 1.165) is 4.90 Å². The summed E-state index contributed by atoms with van der Waals surface area (Å²) in [6.45, 7) is 0. The lowest BCUT2D eigenvalue weighted by atomic mass is 10.2. The molecule has 3 N–H and O–H groups in total. The Hall–Kier alpha value is -1.72. The van der Waals surface area contributed by atoms with Gasteiger partial charge in [0.2, 0.25) is 0 Å². The van der Waals surface area contributed by atoms with Gasteiger partial charge in [-0.15, -0.1) is 11.8 Å². The minimum Gasteiger partial charge on any atom is -0.453 e. The molecule has 2 aromatic rings. The molecule has 0 bridgehead atoms. The van der Waals surface area contributed by atoms with E-state index in [4.69, 9.17) is 27.5 Å². The fourth-order valence-corrected chi connectivity index (χ4v) is 2.51. The zero-order chi connectivity index (χ0) is 14.7. The summed E-state index contributed by atoms with van der Waals surface area (Å²) in [5.41, 5.74) is 6.03. The first-order chi connectivity index (χ1) is 9.54. The topological polar surface area (TPSA) is 59.1 Å². The molecule has 0 saturated carbocycles. The molecule has 20 heavy (non-hydrogen) atoms. The van der Waals surface area contributed by atoms with Gasteiger partial charge in [0.25, 0.3) is 0 Å². The number of ether oxygens (including phenoxy) is 1. The molecule has 0 amide bonds. The number of benzene rings is 2. The van der Waals surface area contributed by atoms with Crippen LogP contribution in [0.25, 0.3) is 0 Å². The van der Waals surface area contributed by atoms with Crippen molar-refractivity contribution in [2.24, 2.45) is 5.73 Å². The van der Waals surface area contributed by atoms with Gasteiger partial charge >= 0.3 is 0 Å². The van der Waals surface area contributed by atoms with Crippen molar-refractivity contribution in [3.8, 4) is 11.5 Å². The number of hydrogen-bond acceptors (Lipinski definition) is 3. The van der Waals surface area contributed by atoms with Crippen molar-refractivity contribution in [1.29, 1.82) is 5.41 Å². The average molecular weight is 311 g/mol. The molecule has 6 heteroatoms. The molecule has 3 nitrogen and oxygen atoms in total. The van der Waals surface area contributed by atoms with Crippen LogP contribution in [0.1, 0.15) is 5.56 Å². The number of rotatable bonds is 4. The second-order valence-corrected chi connectivity index (χ2v) is 5.16. The van der Waals surface area contributed by atoms with Crippen LogP contribution in [-0.4, -0.2) is 12.1 Å². The van der Waals surface area contributed by atoms with Gasteiger partial charge in [0.1, 0.15) is 11.6 Å². The van der Waals surface area contributed by atoms with Crippen LogP contribution in [0.3, 0.4) is 0 Å². The van der Waals surface area contributed by atoms with Crippen LogP contribution < -0.4 is 10.5 Å². The summed E-state index contributed by atoms with van der Waals surface area (Å²) in [7, 11) is 0. The van der Waals surface area contributed by atoms with E-state index in [1.165, 1.54) is 23.9 Å². The minimum atomic E-state index is -0.641. The Kier molecular flexibility index (Phi) is 4.52. The fourth-order valence-electron chi connectivity index (χ4n) is 1.71. The number of hydrogen-bond donors (Lipinski definition) is 2. The molecule has 0 aliphatic heterocycles. The molecule has 0 aromatic heterocycles. The molecule has 2 rings (SSSR count). The van der Waals surface area contributed by atoms with Crippen molar-refractivity contribution in [3.63, 3.8) is 0 Å². The van der Waals surface area contributed by atoms with Gasteiger partial charge in [-0.3, -0.25) is 5.41 Å². The summed E-state index contributed by atoms with van der Waals surface area (Å²) < 4.78 is 19.4. The molecule has 104 valence electrons. The summed E-state index contributed by atoms with van der Waals surface area (Å²) in [4.78, 5) is 0.789. The number of amidine groups is 1. The summed E-state index contributed by atoms with van der Waals surface area (Å²) in [6, 6.07) is 9.72. The first-order valence-electron chi connectivity index (χ1n) is 5.68. The van der Waals surface area contributed by atoms with Gasteiger partial charge < -0.3 is 10.5 Å². The van der Waals surface area contributed by atoms with Crippen molar-refractivity contribution in [2.75, 3.05) is 6.26 Å². The molecule has 0 spiro atoms. The van der Waals surface area contributed by atoms with Crippen molar-refractivity contribution in [1.82, 2.24) is 0 Å². The Labute approximate surface area is 125 Å². The Balaban J connectivity index is 2.48. The molecule has 0 aliphatic rings. The zero-order valence-electron chi connectivity index (χ0n) is 10.6. The van der Waals surface area contributed by atoms with Crippen molar-refractivity contribution < 1.29 is 9.13 Å². The predicted molar refractivity (Wildman–Crippen MR) is 80.7 cm³/mol. The number of nitrogens with two attached hydrogens (primary N) is 1. The molecule has 2 aromatic carbocycles. The second kappa shape index (κ2) is 6.15. The van der Waals surface area contributed by atoms with E-state index in [-0.39, 0.29) is 16.6 Å². The summed E-state index contributed by atoms with van der Waals surface area (Å²) in [5.74, 6) is -0.450. The van der Waals surface area contributed by atoms with E-state index in [2.05, 4.69) is 0 Å². The lowest BCUT2D eigenvalue weighted by molar-refractivity contribution is 0.440. The van der Waals surface area contributed by atoms with E-state index in [9.17, 15) is 4.39 Å². The molecule has 0 heterocycles. The molecule has 0 atom stereocenters. The van der Waals surface area contributed by atoms with E-state index in [1.54, 1.807) is 18.2 Å². The standard InChI is InChI=1S/C14H12ClFN2OS/c1-20-11-7-3-5-9(12(11)14(17)18)19-10-6-2-4-8(15)13(10)16/h2-7H,1H3,(H3,17,18). The van der Waals surface area contributed by atoms with Gasteiger partial charge in [-0.05, 0) is 30.5 Å². The largest absolute Gasteiger partial charge is 0.453 e. The molecule has 0 radical (unpaired) electrons. The monoisotopic (exact) mass is 310 g/mol. The van der Waals surface area contributed by atoms with E-state index < -0.39 is 5.82 Å². The first kappa shape index (κ1) is 14.7. The number of nitrogen functional groups attached to an aromatic ring is 1. The molecule has 0 unspecified atom stereocenters. The lowest BCUT2D eigenvalue weighted by Crippen LogP contribution is -2.13. The highest BCUT2D eigenvalue weighted by atomic mass is 35.5. The lowest BCUT2D eigenvalue weighted by Gasteiger charge is -2.14. The molecule has 0 aliphatic carbocycles. The van der Waals surface area contributed by atoms with Crippen LogP contribution in [0.2, 0.25) is 5.02 Å². The van der Waals surface area contributed by atoms with Gasteiger partial charge in [-0.1, -0.05) is 23.7 Å². The molecule has 0 fully saturated rings. The molecular weight excluding hydrogens is 299 g/mol. The third kappa shape index (κ3) is 2.89. The maximum Gasteiger partial charge on any atom is 0.184 e. The van der Waals surface area contributed by atoms with Crippen LogP contribution in [0.4, 0.5) is 4.39 Å². The number of thioether (sulfide) groups is 1. The van der Waals surface area contributed by atoms with Gasteiger partial charge in [0, 0.05) is 4.90 Å². The molecular formula is C14H12ClFN2OS. The Morgan fingerprint density at radius 1 is 1.25 bits per heavy atom. The van der Waals surface area contributed by atoms with Crippen molar-refractivity contribution >= 4 is 29.2 Å². The van der Waals surface area contributed by atoms with Crippen LogP contribution in [0, 0.1) is 11.2 Å². The van der Waals surface area contributed by atoms with Gasteiger partial charge in [-0.25, -0.2) is 4.39 Å². The van der Waals surface area contributed by atoms with Crippen molar-refractivity contribution in [2.45, 2.75) is 4.90 Å². The Morgan fingerprint density at radius 2 is 1.90 bits per heavy atom. The quantitative estimate of drug-likeness (QED) is 0.503. The highest BCUT2D eigenvalue weighted by molar-refractivity contribution is 7.98. The predicted octanol–water partition coefficient (Wildman–Crippen LogP) is 4.28. The summed E-state index contributed by atoms with van der Waals surface area (Å²) >= 11 is 7.15. The minimum absolute atomic E-state index is 0.00162. The Bertz CT molecular complexity index is 664. The van der Waals surface area contributed by atoms with Crippen molar-refractivity contribution in [3.05, 3.63) is 52.8 Å². The maximum atomic E-state index is 13.9. The number of halogens is 2. The highest BCUT2D eigenvalue weighted by Gasteiger charge is 2.15. The summed E-state index contributed by atoms with van der Waals surface area (Å²) in [6.07, 6.45) is 1.87. The third-order valence-corrected chi connectivity index (χ3v) is 3.69. The SMILES string of the molecule is CSc1cccc(Oc2cccc(Cl)c2F)c1C(=N)N. The van der Waals surface area contributed by atoms with E-state index in [1.807, 2.05) is 12.3 Å². The van der Waals surface area contributed by atoms with Crippen LogP contribution >= 0.6 is 23.4 Å². The molecule has 0 saturated heterocycles. The summed E-state index contributed by atoms with van der Waals surface area (Å²) in [5, 5.41) is 7.63. The van der Waals surface area contributed by atoms with Crippen LogP contribution in [0.15, 0.2) is 41.3 Å². The maximum absolute atomic E-state index is 13.9. The van der Waals surface area contributed by atoms with Gasteiger partial charge in [-0.2, -0.15) is 0 Å². The van der Waals surface area contributed by atoms with E-state index >= 15 is 0 Å². The normalized spacial score (nSPS) is 10.3. The van der Waals surface area contributed by atoms with Gasteiger partial charge in [0.05, 0.1) is 10.6 Å². The van der Waals surface area contributed by atoms with Gasteiger partial charge in [0.15, 0.2) is 11.6 Å². The zero-order valence-corrected chi connectivity index (χ0v) is 12.2. The Morgan fingerprint density at radius 3 is 2.55 bits per heavy atom. The second-order valence-electron chi connectivity index (χ2n) is 3.90. The van der Waals surface area contributed by atoms with E-state index in [0.29, 0.717) is 11.3 Å². The van der Waals surface area contributed by atoms with Crippen LogP contribution in [0.5, 0.6) is 11.5 Å².